The predicted octanol–water partition coefficient (Wildman–Crippen LogP) is 3.84. The van der Waals surface area contributed by atoms with Gasteiger partial charge in [-0.05, 0) is 60.7 Å². The van der Waals surface area contributed by atoms with E-state index in [1.807, 2.05) is 61.1 Å². The van der Waals surface area contributed by atoms with Crippen LogP contribution < -0.4 is 5.32 Å². The monoisotopic (exact) mass is 412 g/mol. The van der Waals surface area contributed by atoms with E-state index < -0.39 is 0 Å². The SMILES string of the molecule is S=C1NC(c2ccccn2)C(c2cccn2-c2cccnc2)N1Cc1ccccn1. The fourth-order valence-electron chi connectivity index (χ4n) is 3.93. The molecule has 2 unspecified atom stereocenters. The molecule has 0 aliphatic carbocycles. The van der Waals surface area contributed by atoms with Crippen LogP contribution in [-0.2, 0) is 6.54 Å². The van der Waals surface area contributed by atoms with Gasteiger partial charge in [0.1, 0.15) is 0 Å². The van der Waals surface area contributed by atoms with E-state index >= 15 is 0 Å². The number of rotatable bonds is 5. The topological polar surface area (TPSA) is 58.9 Å². The number of nitrogens with one attached hydrogen (secondary N) is 1. The highest BCUT2D eigenvalue weighted by Gasteiger charge is 2.41. The molecule has 5 rings (SSSR count). The Kier molecular flexibility index (Phi) is 4.94. The normalized spacial score (nSPS) is 18.4. The molecule has 1 fully saturated rings. The molecule has 0 aromatic carbocycles. The van der Waals surface area contributed by atoms with Crippen molar-refractivity contribution in [2.45, 2.75) is 18.6 Å². The van der Waals surface area contributed by atoms with Crippen LogP contribution >= 0.6 is 12.2 Å². The van der Waals surface area contributed by atoms with Gasteiger partial charge in [-0.1, -0.05) is 12.1 Å². The highest BCUT2D eigenvalue weighted by Crippen LogP contribution is 2.40. The lowest BCUT2D eigenvalue weighted by Gasteiger charge is -2.28. The van der Waals surface area contributed by atoms with E-state index in [9.17, 15) is 0 Å². The second kappa shape index (κ2) is 8.04. The van der Waals surface area contributed by atoms with Crippen molar-refractivity contribution in [3.8, 4) is 5.69 Å². The van der Waals surface area contributed by atoms with Crippen LogP contribution in [0, 0.1) is 0 Å². The van der Waals surface area contributed by atoms with Gasteiger partial charge < -0.3 is 14.8 Å². The maximum atomic E-state index is 5.77. The first-order valence-corrected chi connectivity index (χ1v) is 10.2. The summed E-state index contributed by atoms with van der Waals surface area (Å²) in [6, 6.07) is 20.0. The lowest BCUT2D eigenvalue weighted by molar-refractivity contribution is 0.299. The first kappa shape index (κ1) is 18.4. The van der Waals surface area contributed by atoms with Gasteiger partial charge in [-0.2, -0.15) is 0 Å². The number of aromatic nitrogens is 4. The third-order valence-corrected chi connectivity index (χ3v) is 5.62. The zero-order valence-electron chi connectivity index (χ0n) is 16.2. The summed E-state index contributed by atoms with van der Waals surface area (Å²) in [6.45, 7) is 0.610. The Morgan fingerprint density at radius 1 is 0.900 bits per heavy atom. The molecule has 7 heteroatoms. The highest BCUT2D eigenvalue weighted by molar-refractivity contribution is 7.80. The molecule has 4 aromatic rings. The summed E-state index contributed by atoms with van der Waals surface area (Å²) in [4.78, 5) is 15.6. The summed E-state index contributed by atoms with van der Waals surface area (Å²) in [5.41, 5.74) is 4.04. The van der Waals surface area contributed by atoms with Crippen LogP contribution in [-0.4, -0.2) is 29.5 Å². The van der Waals surface area contributed by atoms with Crippen LogP contribution in [0.1, 0.15) is 29.2 Å². The first-order valence-electron chi connectivity index (χ1n) is 9.77. The van der Waals surface area contributed by atoms with Gasteiger partial charge in [-0.15, -0.1) is 0 Å². The van der Waals surface area contributed by atoms with E-state index in [2.05, 4.69) is 54.1 Å². The zero-order chi connectivity index (χ0) is 20.3. The third-order valence-electron chi connectivity index (χ3n) is 5.26. The molecule has 1 saturated heterocycles. The Morgan fingerprint density at radius 2 is 1.77 bits per heavy atom. The van der Waals surface area contributed by atoms with Crippen LogP contribution in [0.4, 0.5) is 0 Å². The molecule has 0 saturated carbocycles. The molecule has 0 amide bonds. The average molecular weight is 413 g/mol. The number of nitrogens with zero attached hydrogens (tertiary/aromatic N) is 5. The van der Waals surface area contributed by atoms with Gasteiger partial charge in [0.05, 0.1) is 41.9 Å². The summed E-state index contributed by atoms with van der Waals surface area (Å²) in [7, 11) is 0. The number of thiocarbonyl (C=S) groups is 1. The largest absolute Gasteiger partial charge is 0.352 e. The van der Waals surface area contributed by atoms with Crippen molar-refractivity contribution < 1.29 is 0 Å². The smallest absolute Gasteiger partial charge is 0.170 e. The van der Waals surface area contributed by atoms with Gasteiger partial charge >= 0.3 is 0 Å². The van der Waals surface area contributed by atoms with Gasteiger partial charge in [-0.25, -0.2) is 0 Å². The third kappa shape index (κ3) is 3.44. The summed E-state index contributed by atoms with van der Waals surface area (Å²) in [5.74, 6) is 0. The minimum Gasteiger partial charge on any atom is -0.352 e. The summed E-state index contributed by atoms with van der Waals surface area (Å²) in [5, 5.41) is 4.19. The van der Waals surface area contributed by atoms with E-state index in [1.165, 1.54) is 0 Å². The van der Waals surface area contributed by atoms with Gasteiger partial charge in [-0.3, -0.25) is 15.0 Å². The lowest BCUT2D eigenvalue weighted by atomic mass is 10.0. The van der Waals surface area contributed by atoms with E-state index in [-0.39, 0.29) is 12.1 Å². The molecule has 6 nitrogen and oxygen atoms in total. The number of pyridine rings is 3. The predicted molar refractivity (Wildman–Crippen MR) is 119 cm³/mol. The molecular weight excluding hydrogens is 392 g/mol. The van der Waals surface area contributed by atoms with Crippen LogP contribution in [0.2, 0.25) is 0 Å². The molecular formula is C23H20N6S. The van der Waals surface area contributed by atoms with E-state index in [4.69, 9.17) is 12.2 Å². The highest BCUT2D eigenvalue weighted by atomic mass is 32.1. The molecule has 2 atom stereocenters. The van der Waals surface area contributed by atoms with Gasteiger partial charge in [0.15, 0.2) is 5.11 Å². The maximum absolute atomic E-state index is 5.77. The van der Waals surface area contributed by atoms with Crippen LogP contribution in [0.3, 0.4) is 0 Å². The lowest BCUT2D eigenvalue weighted by Crippen LogP contribution is -2.30. The molecule has 1 aliphatic heterocycles. The average Bonchev–Trinajstić information content (AvgIpc) is 3.40. The maximum Gasteiger partial charge on any atom is 0.170 e. The van der Waals surface area contributed by atoms with Crippen LogP contribution in [0.15, 0.2) is 91.6 Å². The van der Waals surface area contributed by atoms with Crippen molar-refractivity contribution in [3.63, 3.8) is 0 Å². The van der Waals surface area contributed by atoms with E-state index in [1.54, 1.807) is 6.20 Å². The zero-order valence-corrected chi connectivity index (χ0v) is 17.0. The molecule has 0 bridgehead atoms. The summed E-state index contributed by atoms with van der Waals surface area (Å²) < 4.78 is 2.16. The molecule has 1 N–H and O–H groups in total. The second-order valence-electron chi connectivity index (χ2n) is 7.09. The van der Waals surface area contributed by atoms with Crippen molar-refractivity contribution in [1.29, 1.82) is 0 Å². The molecule has 0 spiro atoms. The standard InChI is InChI=1S/C23H20N6S/c30-23-27-21(19-9-2-4-13-26-19)22(29(23)16-17-7-1-3-12-25-17)20-10-6-14-28(20)18-8-5-11-24-15-18/h1-15,21-22H,16H2,(H,27,30). The first-order chi connectivity index (χ1) is 14.8. The summed E-state index contributed by atoms with van der Waals surface area (Å²) >= 11 is 5.77. The minimum absolute atomic E-state index is 0.0513. The van der Waals surface area contributed by atoms with Crippen LogP contribution in [0.25, 0.3) is 5.69 Å². The molecule has 4 aromatic heterocycles. The van der Waals surface area contributed by atoms with Gasteiger partial charge in [0, 0.05) is 30.5 Å². The van der Waals surface area contributed by atoms with Gasteiger partial charge in [0.25, 0.3) is 0 Å². The van der Waals surface area contributed by atoms with Crippen molar-refractivity contribution in [2.75, 3.05) is 0 Å². The Bertz CT molecular complexity index is 1130. The minimum atomic E-state index is -0.0762. The fourth-order valence-corrected chi connectivity index (χ4v) is 4.24. The Hall–Kier alpha value is -3.58. The Balaban J connectivity index is 1.60. The quantitative estimate of drug-likeness (QED) is 0.503. The van der Waals surface area contributed by atoms with Crippen molar-refractivity contribution in [3.05, 3.63) is 109 Å². The molecule has 5 heterocycles. The van der Waals surface area contributed by atoms with Crippen LogP contribution in [0.5, 0.6) is 0 Å². The van der Waals surface area contributed by atoms with E-state index in [0.717, 1.165) is 22.8 Å². The fraction of sp³-hybridized carbons (Fsp3) is 0.130. The second-order valence-corrected chi connectivity index (χ2v) is 7.48. The molecule has 0 radical (unpaired) electrons. The molecule has 30 heavy (non-hydrogen) atoms. The van der Waals surface area contributed by atoms with Crippen molar-refractivity contribution in [2.24, 2.45) is 0 Å². The Labute approximate surface area is 180 Å². The number of hydrogen-bond donors (Lipinski definition) is 1. The van der Waals surface area contributed by atoms with Crippen molar-refractivity contribution >= 4 is 17.3 Å². The number of hydrogen-bond acceptors (Lipinski definition) is 4. The Morgan fingerprint density at radius 3 is 2.50 bits per heavy atom. The van der Waals surface area contributed by atoms with Crippen molar-refractivity contribution in [1.82, 2.24) is 29.7 Å². The summed E-state index contributed by atoms with van der Waals surface area (Å²) in [6.07, 6.45) is 9.33. The molecule has 148 valence electrons. The van der Waals surface area contributed by atoms with E-state index in [0.29, 0.717) is 11.7 Å². The molecule has 1 aliphatic rings. The van der Waals surface area contributed by atoms with Gasteiger partial charge in [0.2, 0.25) is 0 Å².